The summed E-state index contributed by atoms with van der Waals surface area (Å²) in [5.74, 6) is -0.349. The SMILES string of the molecule is Cc1ccc(C(O)=C2C(=N)N(c3ccc(C)c(Cl)c3)C3=C(C(=O)CC(C)(C)C3)C2c2ccc(C)cc2)cc1. The predicted molar refractivity (Wildman–Crippen MR) is 156 cm³/mol. The van der Waals surface area contributed by atoms with Gasteiger partial charge in [0, 0.05) is 45.5 Å². The first-order valence-corrected chi connectivity index (χ1v) is 13.3. The van der Waals surface area contributed by atoms with E-state index in [1.54, 1.807) is 0 Å². The highest BCUT2D eigenvalue weighted by molar-refractivity contribution is 6.32. The van der Waals surface area contributed by atoms with Gasteiger partial charge in [0.25, 0.3) is 0 Å². The number of carbonyl (C=O) groups excluding carboxylic acids is 1. The molecule has 0 radical (unpaired) electrons. The third kappa shape index (κ3) is 4.58. The molecule has 1 atom stereocenters. The molecule has 0 spiro atoms. The Morgan fingerprint density at radius 3 is 2.16 bits per heavy atom. The Labute approximate surface area is 229 Å². The topological polar surface area (TPSA) is 64.4 Å². The van der Waals surface area contributed by atoms with Gasteiger partial charge in [-0.1, -0.05) is 91.2 Å². The Kier molecular flexibility index (Phi) is 6.56. The molecule has 3 aromatic carbocycles. The molecular formula is C33H33ClN2O2. The predicted octanol–water partition coefficient (Wildman–Crippen LogP) is 8.46. The first kappa shape index (κ1) is 26.0. The maximum absolute atomic E-state index is 14.0. The molecule has 1 unspecified atom stereocenters. The lowest BCUT2D eigenvalue weighted by Gasteiger charge is -2.45. The molecule has 194 valence electrons. The molecule has 1 aliphatic heterocycles. The summed E-state index contributed by atoms with van der Waals surface area (Å²) in [5.41, 5.74) is 6.93. The van der Waals surface area contributed by atoms with Crippen LogP contribution in [0.25, 0.3) is 5.76 Å². The van der Waals surface area contributed by atoms with Crippen molar-refractivity contribution in [3.63, 3.8) is 0 Å². The van der Waals surface area contributed by atoms with Crippen LogP contribution in [0, 0.1) is 31.6 Å². The largest absolute Gasteiger partial charge is 0.507 e. The van der Waals surface area contributed by atoms with E-state index in [-0.39, 0.29) is 22.8 Å². The zero-order valence-electron chi connectivity index (χ0n) is 22.5. The van der Waals surface area contributed by atoms with Gasteiger partial charge < -0.3 is 5.11 Å². The van der Waals surface area contributed by atoms with E-state index >= 15 is 0 Å². The molecule has 2 N–H and O–H groups in total. The Hall–Kier alpha value is -3.63. The molecule has 2 aliphatic rings. The standard InChI is InChI=1S/C33H33ClN2O2/c1-19-6-11-22(12-7-19)28-29-26(17-33(4,5)18-27(29)37)36(24-15-10-21(3)25(34)16-24)32(35)30(28)31(38)23-13-8-20(2)9-14-23/h6-16,28,35,38H,17-18H2,1-5H3. The lowest BCUT2D eigenvalue weighted by Crippen LogP contribution is -2.45. The molecular weight excluding hydrogens is 492 g/mol. The number of benzene rings is 3. The van der Waals surface area contributed by atoms with Gasteiger partial charge in [-0.2, -0.15) is 0 Å². The zero-order chi connectivity index (χ0) is 27.4. The highest BCUT2D eigenvalue weighted by Gasteiger charge is 2.46. The van der Waals surface area contributed by atoms with Crippen LogP contribution >= 0.6 is 11.6 Å². The Morgan fingerprint density at radius 1 is 0.947 bits per heavy atom. The average Bonchev–Trinajstić information content (AvgIpc) is 2.85. The van der Waals surface area contributed by atoms with E-state index < -0.39 is 5.92 Å². The molecule has 0 fully saturated rings. The summed E-state index contributed by atoms with van der Waals surface area (Å²) in [6.45, 7) is 10.1. The summed E-state index contributed by atoms with van der Waals surface area (Å²) in [4.78, 5) is 15.8. The Morgan fingerprint density at radius 2 is 1.55 bits per heavy atom. The van der Waals surface area contributed by atoms with Crippen LogP contribution in [0.2, 0.25) is 5.02 Å². The van der Waals surface area contributed by atoms with Crippen molar-refractivity contribution in [2.24, 2.45) is 5.41 Å². The van der Waals surface area contributed by atoms with E-state index in [0.29, 0.717) is 40.3 Å². The van der Waals surface area contributed by atoms with E-state index in [0.717, 1.165) is 28.0 Å². The minimum Gasteiger partial charge on any atom is -0.507 e. The summed E-state index contributed by atoms with van der Waals surface area (Å²) in [6, 6.07) is 21.3. The van der Waals surface area contributed by atoms with Gasteiger partial charge >= 0.3 is 0 Å². The van der Waals surface area contributed by atoms with Crippen LogP contribution in [-0.2, 0) is 4.79 Å². The Bertz CT molecular complexity index is 1510. The van der Waals surface area contributed by atoms with Gasteiger partial charge in [-0.3, -0.25) is 15.1 Å². The van der Waals surface area contributed by atoms with Gasteiger partial charge in [0.1, 0.15) is 11.6 Å². The highest BCUT2D eigenvalue weighted by atomic mass is 35.5. The molecule has 0 aromatic heterocycles. The third-order valence-corrected chi connectivity index (χ3v) is 8.03. The summed E-state index contributed by atoms with van der Waals surface area (Å²) in [6.07, 6.45) is 1.03. The Balaban J connectivity index is 1.85. The van der Waals surface area contributed by atoms with Gasteiger partial charge in [0.05, 0.1) is 0 Å². The average molecular weight is 525 g/mol. The van der Waals surface area contributed by atoms with Crippen LogP contribution in [0.1, 0.15) is 60.4 Å². The summed E-state index contributed by atoms with van der Waals surface area (Å²) < 4.78 is 0. The number of nitrogens with one attached hydrogen (secondary N) is 1. The van der Waals surface area contributed by atoms with E-state index in [2.05, 4.69) is 13.8 Å². The van der Waals surface area contributed by atoms with Crippen molar-refractivity contribution >= 4 is 34.7 Å². The number of aryl methyl sites for hydroxylation is 3. The molecule has 3 aromatic rings. The first-order chi connectivity index (χ1) is 18.0. The number of aliphatic hydroxyl groups excluding tert-OH is 1. The van der Waals surface area contributed by atoms with Gasteiger partial charge in [-0.25, -0.2) is 0 Å². The van der Waals surface area contributed by atoms with Gasteiger partial charge in [-0.15, -0.1) is 0 Å². The number of aliphatic hydroxyl groups is 1. The van der Waals surface area contributed by atoms with Crippen molar-refractivity contribution in [1.29, 1.82) is 5.41 Å². The van der Waals surface area contributed by atoms with Crippen LogP contribution in [0.3, 0.4) is 0 Å². The lowest BCUT2D eigenvalue weighted by molar-refractivity contribution is -0.118. The fourth-order valence-corrected chi connectivity index (χ4v) is 5.75. The third-order valence-electron chi connectivity index (χ3n) is 7.63. The highest BCUT2D eigenvalue weighted by Crippen LogP contribution is 2.51. The second kappa shape index (κ2) is 9.59. The van der Waals surface area contributed by atoms with E-state index in [1.165, 1.54) is 0 Å². The normalized spacial score (nSPS) is 20.5. The minimum atomic E-state index is -0.555. The summed E-state index contributed by atoms with van der Waals surface area (Å²) in [5, 5.41) is 21.9. The van der Waals surface area contributed by atoms with Crippen LogP contribution in [0.5, 0.6) is 0 Å². The number of ketones is 1. The molecule has 0 amide bonds. The van der Waals surface area contributed by atoms with Crippen molar-refractivity contribution in [2.75, 3.05) is 4.90 Å². The van der Waals surface area contributed by atoms with Crippen molar-refractivity contribution in [1.82, 2.24) is 0 Å². The summed E-state index contributed by atoms with van der Waals surface area (Å²) in [7, 11) is 0. The number of halogens is 1. The zero-order valence-corrected chi connectivity index (χ0v) is 23.3. The summed E-state index contributed by atoms with van der Waals surface area (Å²) >= 11 is 6.55. The van der Waals surface area contributed by atoms with Crippen molar-refractivity contribution in [3.8, 4) is 0 Å². The van der Waals surface area contributed by atoms with Crippen molar-refractivity contribution < 1.29 is 9.90 Å². The molecule has 0 saturated carbocycles. The number of Topliss-reactive ketones (excluding diaryl/α,β-unsaturated/α-hetero) is 1. The second-order valence-electron chi connectivity index (χ2n) is 11.4. The number of amidine groups is 1. The molecule has 1 heterocycles. The van der Waals surface area contributed by atoms with E-state index in [9.17, 15) is 15.3 Å². The molecule has 0 saturated heterocycles. The van der Waals surface area contributed by atoms with E-state index in [4.69, 9.17) is 11.6 Å². The van der Waals surface area contributed by atoms with Crippen LogP contribution < -0.4 is 4.90 Å². The van der Waals surface area contributed by atoms with Crippen LogP contribution in [0.15, 0.2) is 83.6 Å². The maximum atomic E-state index is 14.0. The number of nitrogens with zero attached hydrogens (tertiary/aromatic N) is 1. The fraction of sp³-hybridized carbons (Fsp3) is 0.273. The number of anilines is 1. The van der Waals surface area contributed by atoms with Crippen LogP contribution in [-0.4, -0.2) is 16.7 Å². The van der Waals surface area contributed by atoms with Crippen molar-refractivity contribution in [3.05, 3.63) is 116 Å². The van der Waals surface area contributed by atoms with E-state index in [1.807, 2.05) is 92.4 Å². The molecule has 38 heavy (non-hydrogen) atoms. The first-order valence-electron chi connectivity index (χ1n) is 12.9. The number of allylic oxidation sites excluding steroid dienone is 2. The fourth-order valence-electron chi connectivity index (χ4n) is 5.58. The second-order valence-corrected chi connectivity index (χ2v) is 11.8. The molecule has 4 nitrogen and oxygen atoms in total. The monoisotopic (exact) mass is 524 g/mol. The molecule has 5 heteroatoms. The number of carbonyl (C=O) groups is 1. The van der Waals surface area contributed by atoms with Crippen molar-refractivity contribution in [2.45, 2.75) is 53.4 Å². The number of hydrogen-bond acceptors (Lipinski definition) is 3. The smallest absolute Gasteiger partial charge is 0.162 e. The maximum Gasteiger partial charge on any atom is 0.162 e. The number of rotatable bonds is 3. The van der Waals surface area contributed by atoms with Gasteiger partial charge in [-0.05, 0) is 55.9 Å². The van der Waals surface area contributed by atoms with Gasteiger partial charge in [0.15, 0.2) is 5.78 Å². The quantitative estimate of drug-likeness (QED) is 0.338. The van der Waals surface area contributed by atoms with Crippen LogP contribution in [0.4, 0.5) is 5.69 Å². The van der Waals surface area contributed by atoms with Gasteiger partial charge in [0.2, 0.25) is 0 Å². The molecule has 5 rings (SSSR count). The number of hydrogen-bond donors (Lipinski definition) is 2. The lowest BCUT2D eigenvalue weighted by atomic mass is 9.67. The molecule has 1 aliphatic carbocycles. The molecule has 0 bridgehead atoms. The minimum absolute atomic E-state index is 0.00738.